The highest BCUT2D eigenvalue weighted by Gasteiger charge is 2.26. The molecule has 3 heteroatoms. The number of fused-ring (bicyclic) bond motifs is 3. The maximum atomic E-state index is 12.2. The summed E-state index contributed by atoms with van der Waals surface area (Å²) in [5.74, 6) is 0.0621. The first-order chi connectivity index (χ1) is 9.20. The average Bonchev–Trinajstić information content (AvgIpc) is 2.73. The van der Waals surface area contributed by atoms with Gasteiger partial charge < -0.3 is 0 Å². The van der Waals surface area contributed by atoms with Crippen LogP contribution in [0.5, 0.6) is 0 Å². The van der Waals surface area contributed by atoms with Gasteiger partial charge in [-0.15, -0.1) is 11.6 Å². The molecule has 0 aliphatic heterocycles. The fraction of sp³-hybridized carbons (Fsp3) is 0.125. The van der Waals surface area contributed by atoms with Crippen LogP contribution in [0.4, 0.5) is 0 Å². The molecule has 0 aromatic heterocycles. The molecule has 2 aromatic rings. The lowest BCUT2D eigenvalue weighted by atomic mass is 10.0. The Morgan fingerprint density at radius 3 is 2.37 bits per heavy atom. The third kappa shape index (κ3) is 1.98. The summed E-state index contributed by atoms with van der Waals surface area (Å²) in [6, 6.07) is 13.1. The SMILES string of the molecule is O=C(CCl)Cc1ccc2c(c1)-c1ccccc1C2=O. The van der Waals surface area contributed by atoms with E-state index in [0.717, 1.165) is 22.3 Å². The molecular weight excluding hydrogens is 260 g/mol. The summed E-state index contributed by atoms with van der Waals surface area (Å²) >= 11 is 5.52. The van der Waals surface area contributed by atoms with Crippen molar-refractivity contribution in [1.82, 2.24) is 0 Å². The molecule has 2 aromatic carbocycles. The number of carbonyl (C=O) groups excluding carboxylic acids is 2. The van der Waals surface area contributed by atoms with Crippen molar-refractivity contribution in [3.63, 3.8) is 0 Å². The summed E-state index contributed by atoms with van der Waals surface area (Å²) in [4.78, 5) is 23.6. The number of hydrogen-bond acceptors (Lipinski definition) is 2. The molecule has 2 nitrogen and oxygen atoms in total. The van der Waals surface area contributed by atoms with Gasteiger partial charge >= 0.3 is 0 Å². The van der Waals surface area contributed by atoms with Crippen LogP contribution in [0, 0.1) is 0 Å². The zero-order valence-corrected chi connectivity index (χ0v) is 10.9. The van der Waals surface area contributed by atoms with Crippen LogP contribution in [0.15, 0.2) is 42.5 Å². The lowest BCUT2D eigenvalue weighted by Gasteiger charge is -2.03. The van der Waals surface area contributed by atoms with Crippen molar-refractivity contribution in [2.45, 2.75) is 6.42 Å². The van der Waals surface area contributed by atoms with Crippen molar-refractivity contribution in [2.24, 2.45) is 0 Å². The van der Waals surface area contributed by atoms with Crippen LogP contribution < -0.4 is 0 Å². The third-order valence-corrected chi connectivity index (χ3v) is 3.64. The number of carbonyl (C=O) groups is 2. The van der Waals surface area contributed by atoms with Gasteiger partial charge in [0.2, 0.25) is 0 Å². The van der Waals surface area contributed by atoms with Crippen LogP contribution >= 0.6 is 11.6 Å². The van der Waals surface area contributed by atoms with Gasteiger partial charge in [-0.05, 0) is 22.8 Å². The van der Waals surface area contributed by atoms with Crippen LogP contribution in [0.1, 0.15) is 21.5 Å². The summed E-state index contributed by atoms with van der Waals surface area (Å²) < 4.78 is 0. The smallest absolute Gasteiger partial charge is 0.194 e. The number of benzene rings is 2. The Bertz CT molecular complexity index is 689. The number of halogens is 1. The summed E-state index contributed by atoms with van der Waals surface area (Å²) in [7, 11) is 0. The highest BCUT2D eigenvalue weighted by atomic mass is 35.5. The quantitative estimate of drug-likeness (QED) is 0.685. The number of hydrogen-bond donors (Lipinski definition) is 0. The van der Waals surface area contributed by atoms with Gasteiger partial charge in [0.05, 0.1) is 5.88 Å². The van der Waals surface area contributed by atoms with Gasteiger partial charge in [0.15, 0.2) is 11.6 Å². The van der Waals surface area contributed by atoms with Crippen molar-refractivity contribution in [3.8, 4) is 11.1 Å². The third-order valence-electron chi connectivity index (χ3n) is 3.34. The Balaban J connectivity index is 2.08. The van der Waals surface area contributed by atoms with Gasteiger partial charge in [-0.3, -0.25) is 9.59 Å². The van der Waals surface area contributed by atoms with E-state index in [9.17, 15) is 9.59 Å². The molecule has 1 aliphatic carbocycles. The van der Waals surface area contributed by atoms with E-state index in [1.807, 2.05) is 36.4 Å². The minimum Gasteiger partial charge on any atom is -0.298 e. The van der Waals surface area contributed by atoms with E-state index in [4.69, 9.17) is 11.6 Å². The van der Waals surface area contributed by atoms with E-state index in [2.05, 4.69) is 0 Å². The topological polar surface area (TPSA) is 34.1 Å². The molecule has 0 amide bonds. The first kappa shape index (κ1) is 12.1. The summed E-state index contributed by atoms with van der Waals surface area (Å²) in [5.41, 5.74) is 4.21. The lowest BCUT2D eigenvalue weighted by Crippen LogP contribution is -2.04. The van der Waals surface area contributed by atoms with E-state index in [0.29, 0.717) is 12.0 Å². The van der Waals surface area contributed by atoms with Crippen molar-refractivity contribution in [1.29, 1.82) is 0 Å². The molecule has 0 saturated carbocycles. The number of ketones is 2. The monoisotopic (exact) mass is 270 g/mol. The van der Waals surface area contributed by atoms with Crippen LogP contribution in [0.3, 0.4) is 0 Å². The van der Waals surface area contributed by atoms with E-state index in [-0.39, 0.29) is 17.4 Å². The maximum absolute atomic E-state index is 12.2. The standard InChI is InChI=1S/C16H11ClO2/c17-9-11(18)7-10-5-6-14-15(8-10)12-3-1-2-4-13(12)16(14)19/h1-6,8H,7,9H2. The molecule has 0 unspecified atom stereocenters. The van der Waals surface area contributed by atoms with Gasteiger partial charge in [-0.2, -0.15) is 0 Å². The number of rotatable bonds is 3. The number of Topliss-reactive ketones (excluding diaryl/α,β-unsaturated/α-hetero) is 1. The Morgan fingerprint density at radius 1 is 0.947 bits per heavy atom. The molecule has 0 spiro atoms. The molecule has 94 valence electrons. The van der Waals surface area contributed by atoms with Crippen molar-refractivity contribution >= 4 is 23.2 Å². The summed E-state index contributed by atoms with van der Waals surface area (Å²) in [6.07, 6.45) is 0.313. The molecule has 0 N–H and O–H groups in total. The first-order valence-electron chi connectivity index (χ1n) is 6.05. The van der Waals surface area contributed by atoms with Gasteiger partial charge in [0, 0.05) is 17.5 Å². The summed E-state index contributed by atoms with van der Waals surface area (Å²) in [6.45, 7) is 0. The maximum Gasteiger partial charge on any atom is 0.194 e. The highest BCUT2D eigenvalue weighted by Crippen LogP contribution is 2.36. The van der Waals surface area contributed by atoms with E-state index in [1.54, 1.807) is 6.07 Å². The highest BCUT2D eigenvalue weighted by molar-refractivity contribution is 6.27. The molecule has 0 saturated heterocycles. The van der Waals surface area contributed by atoms with Crippen LogP contribution in [-0.2, 0) is 11.2 Å². The lowest BCUT2D eigenvalue weighted by molar-refractivity contribution is -0.116. The fourth-order valence-electron chi connectivity index (χ4n) is 2.46. The van der Waals surface area contributed by atoms with Gasteiger partial charge in [-0.1, -0.05) is 36.4 Å². The second-order valence-electron chi connectivity index (χ2n) is 4.60. The van der Waals surface area contributed by atoms with Crippen LogP contribution in [0.2, 0.25) is 0 Å². The molecule has 0 fully saturated rings. The predicted molar refractivity (Wildman–Crippen MR) is 74.7 cm³/mol. The zero-order valence-electron chi connectivity index (χ0n) is 10.2. The van der Waals surface area contributed by atoms with E-state index < -0.39 is 0 Å². The van der Waals surface area contributed by atoms with Crippen molar-refractivity contribution < 1.29 is 9.59 Å². The van der Waals surface area contributed by atoms with Gasteiger partial charge in [0.25, 0.3) is 0 Å². The van der Waals surface area contributed by atoms with Crippen LogP contribution in [-0.4, -0.2) is 17.4 Å². The Morgan fingerprint density at radius 2 is 1.63 bits per heavy atom. The molecule has 19 heavy (non-hydrogen) atoms. The molecule has 1 aliphatic rings. The molecule has 0 heterocycles. The second kappa shape index (κ2) is 4.63. The zero-order chi connectivity index (χ0) is 13.4. The van der Waals surface area contributed by atoms with Gasteiger partial charge in [-0.25, -0.2) is 0 Å². The Hall–Kier alpha value is -1.93. The van der Waals surface area contributed by atoms with Crippen molar-refractivity contribution in [2.75, 3.05) is 5.88 Å². The molecule has 0 bridgehead atoms. The van der Waals surface area contributed by atoms with E-state index in [1.165, 1.54) is 0 Å². The number of alkyl halides is 1. The largest absolute Gasteiger partial charge is 0.298 e. The molecule has 0 atom stereocenters. The molecule has 0 radical (unpaired) electrons. The minimum absolute atomic E-state index is 0.0146. The first-order valence-corrected chi connectivity index (χ1v) is 6.59. The average molecular weight is 271 g/mol. The van der Waals surface area contributed by atoms with Crippen molar-refractivity contribution in [3.05, 3.63) is 59.2 Å². The van der Waals surface area contributed by atoms with Gasteiger partial charge in [0.1, 0.15) is 0 Å². The van der Waals surface area contributed by atoms with E-state index >= 15 is 0 Å². The fourth-order valence-corrected chi connectivity index (χ4v) is 2.55. The van der Waals surface area contributed by atoms with Crippen LogP contribution in [0.25, 0.3) is 11.1 Å². The Labute approximate surface area is 116 Å². The normalized spacial score (nSPS) is 12.2. The molecule has 3 rings (SSSR count). The minimum atomic E-state index is -0.0146. The predicted octanol–water partition coefficient (Wildman–Crippen LogP) is 3.25. The molecular formula is C16H11ClO2. The summed E-state index contributed by atoms with van der Waals surface area (Å²) in [5, 5.41) is 0. The second-order valence-corrected chi connectivity index (χ2v) is 4.87. The Kier molecular flexibility index (Phi) is 2.96.